The SMILES string of the molecule is CCCC/C=C/CCCCCCC(=O)OCC(COCCC(C(=O)[O-])[N+](C)(C)C)OC(=O)CCCCCCCCCCCCCCCCCCCC. The first-order chi connectivity index (χ1) is 25.1. The average Bonchev–Trinajstić information content (AvgIpc) is 3.09. The first-order valence-electron chi connectivity index (χ1n) is 21.7. The summed E-state index contributed by atoms with van der Waals surface area (Å²) in [6, 6.07) is -0.722. The van der Waals surface area contributed by atoms with Gasteiger partial charge in [0.2, 0.25) is 0 Å². The molecular weight excluding hydrogens is 654 g/mol. The molecule has 0 aromatic rings. The van der Waals surface area contributed by atoms with Crippen LogP contribution in [0, 0.1) is 0 Å². The lowest BCUT2D eigenvalue weighted by molar-refractivity contribution is -0.889. The van der Waals surface area contributed by atoms with Gasteiger partial charge in [0.05, 0.1) is 40.3 Å². The van der Waals surface area contributed by atoms with Gasteiger partial charge < -0.3 is 28.6 Å². The molecule has 0 fully saturated rings. The standard InChI is InChI=1S/C44H83NO7/c1-6-8-10-12-14-16-18-19-20-21-22-23-24-25-27-29-31-33-35-43(47)52-40(38-50-37-36-41(44(48)49)45(3,4)5)39-51-42(46)34-32-30-28-26-17-15-13-11-9-7-2/h13,15,40-41H,6-12,14,16-39H2,1-5H3/b15-13+. The normalized spacial score (nSPS) is 13.0. The molecule has 0 aliphatic rings. The van der Waals surface area contributed by atoms with Crippen LogP contribution in [0.3, 0.4) is 0 Å². The Morgan fingerprint density at radius 2 is 0.981 bits per heavy atom. The molecule has 8 nitrogen and oxygen atoms in total. The maximum atomic E-state index is 12.7. The van der Waals surface area contributed by atoms with Gasteiger partial charge in [0, 0.05) is 19.3 Å². The molecule has 0 aliphatic carbocycles. The van der Waals surface area contributed by atoms with Crippen LogP contribution in [0.4, 0.5) is 0 Å². The zero-order valence-electron chi connectivity index (χ0n) is 34.7. The maximum Gasteiger partial charge on any atom is 0.306 e. The van der Waals surface area contributed by atoms with Crippen molar-refractivity contribution in [2.45, 2.75) is 212 Å². The number of unbranched alkanes of at least 4 members (excludes halogenated alkanes) is 23. The number of esters is 2. The van der Waals surface area contributed by atoms with E-state index in [1.54, 1.807) is 21.1 Å². The molecule has 0 spiro atoms. The quantitative estimate of drug-likeness (QED) is 0.0268. The maximum absolute atomic E-state index is 12.7. The van der Waals surface area contributed by atoms with E-state index >= 15 is 0 Å². The highest BCUT2D eigenvalue weighted by molar-refractivity contribution is 5.70. The van der Waals surface area contributed by atoms with E-state index < -0.39 is 18.1 Å². The van der Waals surface area contributed by atoms with Crippen molar-refractivity contribution >= 4 is 17.9 Å². The summed E-state index contributed by atoms with van der Waals surface area (Å²) in [7, 11) is 5.41. The Morgan fingerprint density at radius 3 is 1.44 bits per heavy atom. The third-order valence-corrected chi connectivity index (χ3v) is 9.90. The minimum atomic E-state index is -1.12. The Hall–Kier alpha value is -1.93. The van der Waals surface area contributed by atoms with Crippen LogP contribution in [0.2, 0.25) is 0 Å². The minimum absolute atomic E-state index is 0.0425. The lowest BCUT2D eigenvalue weighted by atomic mass is 10.0. The summed E-state index contributed by atoms with van der Waals surface area (Å²) in [6.07, 6.45) is 36.7. The van der Waals surface area contributed by atoms with Crippen molar-refractivity contribution in [3.8, 4) is 0 Å². The van der Waals surface area contributed by atoms with E-state index in [9.17, 15) is 19.5 Å². The zero-order chi connectivity index (χ0) is 38.5. The van der Waals surface area contributed by atoms with Gasteiger partial charge in [-0.1, -0.05) is 161 Å². The third kappa shape index (κ3) is 33.9. The van der Waals surface area contributed by atoms with Gasteiger partial charge in [0.15, 0.2) is 6.10 Å². The van der Waals surface area contributed by atoms with Crippen LogP contribution in [-0.4, -0.2) is 75.5 Å². The van der Waals surface area contributed by atoms with E-state index in [0.717, 1.165) is 57.8 Å². The van der Waals surface area contributed by atoms with Crippen molar-refractivity contribution in [1.29, 1.82) is 0 Å². The Balaban J connectivity index is 4.28. The number of carboxylic acids is 1. The van der Waals surface area contributed by atoms with Gasteiger partial charge in [-0.3, -0.25) is 9.59 Å². The molecule has 2 atom stereocenters. The molecular formula is C44H83NO7. The highest BCUT2D eigenvalue weighted by atomic mass is 16.6. The molecule has 0 aliphatic heterocycles. The number of aliphatic carboxylic acids is 1. The van der Waals surface area contributed by atoms with Crippen molar-refractivity contribution < 1.29 is 38.2 Å². The van der Waals surface area contributed by atoms with Gasteiger partial charge in [-0.25, -0.2) is 0 Å². The van der Waals surface area contributed by atoms with Crippen LogP contribution >= 0.6 is 0 Å². The Bertz CT molecular complexity index is 869. The fourth-order valence-electron chi connectivity index (χ4n) is 6.46. The molecule has 0 rings (SSSR count). The number of rotatable bonds is 39. The molecule has 52 heavy (non-hydrogen) atoms. The van der Waals surface area contributed by atoms with E-state index in [0.29, 0.717) is 12.8 Å². The topological polar surface area (TPSA) is 102 Å². The highest BCUT2D eigenvalue weighted by Gasteiger charge is 2.25. The van der Waals surface area contributed by atoms with Crippen molar-refractivity contribution in [3.63, 3.8) is 0 Å². The molecule has 0 saturated carbocycles. The average molecular weight is 738 g/mol. The van der Waals surface area contributed by atoms with Crippen molar-refractivity contribution in [1.82, 2.24) is 0 Å². The Labute approximate surface area is 320 Å². The number of carboxylic acid groups (broad SMARTS) is 1. The van der Waals surface area contributed by atoms with Gasteiger partial charge in [-0.05, 0) is 32.1 Å². The number of nitrogens with zero attached hydrogens (tertiary/aromatic N) is 1. The number of hydrogen-bond donors (Lipinski definition) is 0. The Morgan fingerprint density at radius 1 is 0.558 bits per heavy atom. The summed E-state index contributed by atoms with van der Waals surface area (Å²) in [4.78, 5) is 36.7. The summed E-state index contributed by atoms with van der Waals surface area (Å²) in [5.74, 6) is -1.74. The molecule has 2 unspecified atom stereocenters. The second kappa shape index (κ2) is 36.1. The number of quaternary nitrogens is 1. The fourth-order valence-corrected chi connectivity index (χ4v) is 6.46. The Kier molecular flexibility index (Phi) is 34.7. The van der Waals surface area contributed by atoms with Crippen LogP contribution in [0.1, 0.15) is 200 Å². The molecule has 8 heteroatoms. The number of hydrogen-bond acceptors (Lipinski definition) is 7. The smallest absolute Gasteiger partial charge is 0.306 e. The summed E-state index contributed by atoms with van der Waals surface area (Å²) in [6.45, 7) is 4.62. The monoisotopic (exact) mass is 738 g/mol. The fraction of sp³-hybridized carbons (Fsp3) is 0.886. The number of carbonyl (C=O) groups excluding carboxylic acids is 3. The van der Waals surface area contributed by atoms with E-state index in [4.69, 9.17) is 14.2 Å². The van der Waals surface area contributed by atoms with Crippen LogP contribution < -0.4 is 5.11 Å². The van der Waals surface area contributed by atoms with Gasteiger partial charge in [-0.2, -0.15) is 0 Å². The number of ether oxygens (including phenoxy) is 3. The second-order valence-corrected chi connectivity index (χ2v) is 15.9. The van der Waals surface area contributed by atoms with Gasteiger partial charge >= 0.3 is 11.9 Å². The summed E-state index contributed by atoms with van der Waals surface area (Å²) < 4.78 is 17.1. The number of likely N-dealkylation sites (N-methyl/N-ethyl adjacent to an activating group) is 1. The summed E-state index contributed by atoms with van der Waals surface area (Å²) in [5, 5.41) is 11.6. The van der Waals surface area contributed by atoms with Crippen LogP contribution in [0.15, 0.2) is 12.2 Å². The van der Waals surface area contributed by atoms with Crippen molar-refractivity contribution in [3.05, 3.63) is 12.2 Å². The van der Waals surface area contributed by atoms with E-state index in [2.05, 4.69) is 26.0 Å². The van der Waals surface area contributed by atoms with Crippen LogP contribution in [0.25, 0.3) is 0 Å². The first-order valence-corrected chi connectivity index (χ1v) is 21.7. The summed E-state index contributed by atoms with van der Waals surface area (Å²) in [5.41, 5.74) is 0. The predicted octanol–water partition coefficient (Wildman–Crippen LogP) is 10.2. The van der Waals surface area contributed by atoms with Crippen LogP contribution in [-0.2, 0) is 28.6 Å². The molecule has 0 radical (unpaired) electrons. The predicted molar refractivity (Wildman–Crippen MR) is 213 cm³/mol. The molecule has 0 N–H and O–H groups in total. The molecule has 0 saturated heterocycles. The van der Waals surface area contributed by atoms with E-state index in [1.165, 1.54) is 109 Å². The summed E-state index contributed by atoms with van der Waals surface area (Å²) >= 11 is 0. The van der Waals surface area contributed by atoms with Crippen molar-refractivity contribution in [2.24, 2.45) is 0 Å². The molecule has 306 valence electrons. The molecule has 0 amide bonds. The first kappa shape index (κ1) is 50.1. The second-order valence-electron chi connectivity index (χ2n) is 15.9. The van der Waals surface area contributed by atoms with E-state index in [-0.39, 0.29) is 42.7 Å². The van der Waals surface area contributed by atoms with Crippen molar-refractivity contribution in [2.75, 3.05) is 41.0 Å². The van der Waals surface area contributed by atoms with E-state index in [1.807, 2.05) is 0 Å². The highest BCUT2D eigenvalue weighted by Crippen LogP contribution is 2.15. The number of carbonyl (C=O) groups is 3. The lowest BCUT2D eigenvalue weighted by Gasteiger charge is -2.34. The molecule has 0 aromatic carbocycles. The lowest BCUT2D eigenvalue weighted by Crippen LogP contribution is -2.55. The van der Waals surface area contributed by atoms with Gasteiger partial charge in [0.1, 0.15) is 12.6 Å². The minimum Gasteiger partial charge on any atom is -0.544 e. The zero-order valence-corrected chi connectivity index (χ0v) is 34.7. The number of allylic oxidation sites excluding steroid dienone is 2. The van der Waals surface area contributed by atoms with Crippen LogP contribution in [0.5, 0.6) is 0 Å². The molecule has 0 bridgehead atoms. The van der Waals surface area contributed by atoms with Gasteiger partial charge in [-0.15, -0.1) is 0 Å². The largest absolute Gasteiger partial charge is 0.544 e. The molecule has 0 aromatic heterocycles. The van der Waals surface area contributed by atoms with Gasteiger partial charge in [0.25, 0.3) is 0 Å². The molecule has 0 heterocycles. The third-order valence-electron chi connectivity index (χ3n) is 9.90.